The van der Waals surface area contributed by atoms with Crippen LogP contribution in [0.5, 0.6) is 5.19 Å². The molecule has 0 saturated heterocycles. The first-order chi connectivity index (χ1) is 17.2. The van der Waals surface area contributed by atoms with Crippen molar-refractivity contribution < 1.29 is 22.7 Å². The van der Waals surface area contributed by atoms with Gasteiger partial charge in [-0.05, 0) is 64.3 Å². The fraction of sp³-hybridized carbons (Fsp3) is 0.720. The molecule has 0 aromatic carbocycles. The van der Waals surface area contributed by atoms with Crippen molar-refractivity contribution in [2.24, 2.45) is 5.92 Å². The Kier molecular flexibility index (Phi) is 9.63. The number of hydrogen-bond donors (Lipinski definition) is 1. The molecule has 1 saturated carbocycles. The molecule has 4 rings (SSSR count). The zero-order chi connectivity index (χ0) is 25.5. The summed E-state index contributed by atoms with van der Waals surface area (Å²) < 4.78 is 42.3. The number of thiazole rings is 2. The van der Waals surface area contributed by atoms with Crippen LogP contribution in [0.1, 0.15) is 65.4 Å². The van der Waals surface area contributed by atoms with E-state index in [0.29, 0.717) is 17.5 Å². The maximum absolute atomic E-state index is 12.3. The Hall–Kier alpha value is -1.72. The maximum atomic E-state index is 12.3. The van der Waals surface area contributed by atoms with Gasteiger partial charge in [0.25, 0.3) is 5.19 Å². The third kappa shape index (κ3) is 8.69. The van der Waals surface area contributed by atoms with Crippen molar-refractivity contribution in [1.82, 2.24) is 20.2 Å². The number of alkyl halides is 3. The van der Waals surface area contributed by atoms with Gasteiger partial charge in [0, 0.05) is 47.9 Å². The van der Waals surface area contributed by atoms with Crippen LogP contribution in [-0.2, 0) is 24.1 Å². The SMILES string of the molecule is Cc1ncc(CC(=O)N[C@H]2CC[C@H](CCN3CCc4nc(OCCCC(F)(F)F)sc4CC3)CC2)s1. The van der Waals surface area contributed by atoms with Gasteiger partial charge in [-0.15, -0.1) is 11.3 Å². The molecule has 1 aliphatic heterocycles. The van der Waals surface area contributed by atoms with Gasteiger partial charge in [0.1, 0.15) is 0 Å². The van der Waals surface area contributed by atoms with Crippen LogP contribution in [0.2, 0.25) is 0 Å². The van der Waals surface area contributed by atoms with E-state index < -0.39 is 12.6 Å². The molecule has 2 aliphatic rings. The lowest BCUT2D eigenvalue weighted by atomic mass is 9.84. The fourth-order valence-corrected chi connectivity index (χ4v) is 6.75. The van der Waals surface area contributed by atoms with Crippen LogP contribution < -0.4 is 10.1 Å². The molecule has 3 heterocycles. The molecule has 1 N–H and O–H groups in total. The average Bonchev–Trinajstić information content (AvgIpc) is 3.36. The van der Waals surface area contributed by atoms with Gasteiger partial charge in [0.05, 0.1) is 23.7 Å². The number of carbonyl (C=O) groups excluding carboxylic acids is 1. The number of hydrogen-bond acceptors (Lipinski definition) is 7. The summed E-state index contributed by atoms with van der Waals surface area (Å²) in [4.78, 5) is 25.8. The summed E-state index contributed by atoms with van der Waals surface area (Å²) in [7, 11) is 0. The number of aromatic nitrogens is 2. The molecule has 6 nitrogen and oxygen atoms in total. The number of halogens is 3. The Morgan fingerprint density at radius 3 is 2.69 bits per heavy atom. The highest BCUT2D eigenvalue weighted by atomic mass is 32.1. The van der Waals surface area contributed by atoms with Gasteiger partial charge in [0.2, 0.25) is 5.91 Å². The zero-order valence-corrected chi connectivity index (χ0v) is 22.4. The van der Waals surface area contributed by atoms with E-state index in [1.807, 2.05) is 6.92 Å². The highest BCUT2D eigenvalue weighted by Crippen LogP contribution is 2.30. The molecule has 1 fully saturated rings. The van der Waals surface area contributed by atoms with Crippen molar-refractivity contribution >= 4 is 28.6 Å². The van der Waals surface area contributed by atoms with Crippen LogP contribution in [0.25, 0.3) is 0 Å². The molecule has 1 aliphatic carbocycles. The Morgan fingerprint density at radius 1 is 1.19 bits per heavy atom. The summed E-state index contributed by atoms with van der Waals surface area (Å²) >= 11 is 3.06. The van der Waals surface area contributed by atoms with Gasteiger partial charge < -0.3 is 15.0 Å². The predicted octanol–water partition coefficient (Wildman–Crippen LogP) is 5.34. The van der Waals surface area contributed by atoms with Crippen molar-refractivity contribution in [1.29, 1.82) is 0 Å². The number of nitrogens with one attached hydrogen (secondary N) is 1. The fourth-order valence-electron chi connectivity index (χ4n) is 4.99. The molecule has 0 bridgehead atoms. The minimum atomic E-state index is -4.14. The number of rotatable bonds is 10. The highest BCUT2D eigenvalue weighted by Gasteiger charge is 2.27. The van der Waals surface area contributed by atoms with Crippen LogP contribution in [0.4, 0.5) is 13.2 Å². The highest BCUT2D eigenvalue weighted by molar-refractivity contribution is 7.13. The summed E-state index contributed by atoms with van der Waals surface area (Å²) in [5.41, 5.74) is 1.04. The molecule has 0 radical (unpaired) electrons. The Labute approximate surface area is 218 Å². The molecule has 11 heteroatoms. The van der Waals surface area contributed by atoms with Crippen LogP contribution in [0, 0.1) is 12.8 Å². The quantitative estimate of drug-likeness (QED) is 0.409. The smallest absolute Gasteiger partial charge is 0.389 e. The molecule has 1 amide bonds. The first-order valence-corrected chi connectivity index (χ1v) is 14.5. The number of aryl methyl sites for hydroxylation is 1. The summed E-state index contributed by atoms with van der Waals surface area (Å²) in [5, 5.41) is 4.70. The molecule has 2 aromatic rings. The van der Waals surface area contributed by atoms with Gasteiger partial charge >= 0.3 is 6.18 Å². The van der Waals surface area contributed by atoms with Gasteiger partial charge in [-0.25, -0.2) is 9.97 Å². The molecule has 36 heavy (non-hydrogen) atoms. The van der Waals surface area contributed by atoms with E-state index in [1.54, 1.807) is 17.5 Å². The molecule has 200 valence electrons. The molecule has 0 spiro atoms. The normalized spacial score (nSPS) is 21.1. The maximum Gasteiger partial charge on any atom is 0.389 e. The Balaban J connectivity index is 1.11. The summed E-state index contributed by atoms with van der Waals surface area (Å²) in [6.07, 6.45) is 4.57. The van der Waals surface area contributed by atoms with Crippen LogP contribution in [-0.4, -0.2) is 59.2 Å². The standard InChI is InChI=1S/C25H35F3N4O2S2/c1-17-29-16-20(35-17)15-23(33)30-19-5-3-18(4-6-19)7-11-32-12-8-21-22(9-13-32)36-24(31-21)34-14-2-10-25(26,27)28/h16,18-19H,2-15H2,1H3,(H,30,33)/t18-,19-. The van der Waals surface area contributed by atoms with Crippen LogP contribution in [0.15, 0.2) is 6.20 Å². The second-order valence-electron chi connectivity index (χ2n) is 9.85. The van der Waals surface area contributed by atoms with E-state index in [9.17, 15) is 18.0 Å². The Bertz CT molecular complexity index is 961. The zero-order valence-electron chi connectivity index (χ0n) is 20.7. The van der Waals surface area contributed by atoms with E-state index >= 15 is 0 Å². The summed E-state index contributed by atoms with van der Waals surface area (Å²) in [6, 6.07) is 0.285. The second-order valence-corrected chi connectivity index (χ2v) is 12.2. The van der Waals surface area contributed by atoms with Crippen LogP contribution >= 0.6 is 22.7 Å². The lowest BCUT2D eigenvalue weighted by Gasteiger charge is -2.30. The van der Waals surface area contributed by atoms with Gasteiger partial charge in [-0.2, -0.15) is 13.2 Å². The predicted molar refractivity (Wildman–Crippen MR) is 136 cm³/mol. The van der Waals surface area contributed by atoms with Crippen molar-refractivity contribution in [2.75, 3.05) is 26.2 Å². The lowest BCUT2D eigenvalue weighted by Crippen LogP contribution is -2.38. The molecule has 2 aromatic heterocycles. The van der Waals surface area contributed by atoms with E-state index in [0.717, 1.165) is 73.7 Å². The average molecular weight is 545 g/mol. The number of nitrogens with zero attached hydrogens (tertiary/aromatic N) is 3. The van der Waals surface area contributed by atoms with Gasteiger partial charge in [-0.3, -0.25) is 4.79 Å². The summed E-state index contributed by atoms with van der Waals surface area (Å²) in [5.74, 6) is 0.803. The van der Waals surface area contributed by atoms with E-state index in [1.165, 1.54) is 22.6 Å². The van der Waals surface area contributed by atoms with Gasteiger partial charge in [-0.1, -0.05) is 11.3 Å². The number of amides is 1. The van der Waals surface area contributed by atoms with Crippen molar-refractivity contribution in [3.63, 3.8) is 0 Å². The first-order valence-electron chi connectivity index (χ1n) is 12.8. The third-order valence-corrected chi connectivity index (χ3v) is 8.96. The van der Waals surface area contributed by atoms with E-state index in [2.05, 4.69) is 20.2 Å². The van der Waals surface area contributed by atoms with Gasteiger partial charge in [0.15, 0.2) is 0 Å². The topological polar surface area (TPSA) is 67.4 Å². The molecular formula is C25H35F3N4O2S2. The van der Waals surface area contributed by atoms with Crippen LogP contribution in [0.3, 0.4) is 0 Å². The minimum absolute atomic E-state index is 0.0393. The third-order valence-electron chi connectivity index (χ3n) is 6.98. The molecule has 0 unspecified atom stereocenters. The van der Waals surface area contributed by atoms with Crippen molar-refractivity contribution in [2.45, 2.75) is 83.4 Å². The van der Waals surface area contributed by atoms with E-state index in [-0.39, 0.29) is 25.0 Å². The minimum Gasteiger partial charge on any atom is -0.470 e. The van der Waals surface area contributed by atoms with E-state index in [4.69, 9.17) is 4.74 Å². The lowest BCUT2D eigenvalue weighted by molar-refractivity contribution is -0.136. The molecule has 0 atom stereocenters. The largest absolute Gasteiger partial charge is 0.470 e. The van der Waals surface area contributed by atoms with Crippen molar-refractivity contribution in [3.05, 3.63) is 26.7 Å². The van der Waals surface area contributed by atoms with Crippen molar-refractivity contribution in [3.8, 4) is 5.19 Å². The number of carbonyl (C=O) groups is 1. The summed E-state index contributed by atoms with van der Waals surface area (Å²) in [6.45, 7) is 5.01. The number of fused-ring (bicyclic) bond motifs is 1. The monoisotopic (exact) mass is 544 g/mol. The Morgan fingerprint density at radius 2 is 1.97 bits per heavy atom. The number of ether oxygens (including phenoxy) is 1. The second kappa shape index (κ2) is 12.7. The molecular weight excluding hydrogens is 509 g/mol. The first kappa shape index (κ1) is 27.3.